The number of nitrogens with one attached hydrogen (secondary N) is 3. The van der Waals surface area contributed by atoms with Crippen molar-refractivity contribution in [3.63, 3.8) is 0 Å². The molecule has 0 saturated carbocycles. The van der Waals surface area contributed by atoms with Crippen LogP contribution in [0.3, 0.4) is 0 Å². The summed E-state index contributed by atoms with van der Waals surface area (Å²) in [6.45, 7) is 0. The molecule has 0 atom stereocenters. The molecule has 0 aliphatic heterocycles. The Kier molecular flexibility index (Phi) is 3.05. The number of rotatable bonds is 3. The first-order valence-electron chi connectivity index (χ1n) is 6.87. The normalized spacial score (nSPS) is 10.8. The van der Waals surface area contributed by atoms with Crippen molar-refractivity contribution in [3.8, 4) is 11.4 Å². The van der Waals surface area contributed by atoms with Crippen molar-refractivity contribution in [1.29, 1.82) is 0 Å². The molecule has 0 spiro atoms. The predicted octanol–water partition coefficient (Wildman–Crippen LogP) is 2.00. The molecule has 2 aromatic carbocycles. The zero-order valence-corrected chi connectivity index (χ0v) is 11.8. The van der Waals surface area contributed by atoms with Crippen LogP contribution in [0.4, 0.5) is 5.69 Å². The van der Waals surface area contributed by atoms with Gasteiger partial charge in [-0.15, -0.1) is 0 Å². The zero-order chi connectivity index (χ0) is 15.6. The second-order valence-corrected chi connectivity index (χ2v) is 4.90. The molecule has 0 saturated heterocycles. The van der Waals surface area contributed by atoms with Crippen molar-refractivity contribution in [1.82, 2.24) is 30.6 Å². The summed E-state index contributed by atoms with van der Waals surface area (Å²) in [5, 5.41) is 19.9. The fourth-order valence-corrected chi connectivity index (χ4v) is 2.27. The smallest absolute Gasteiger partial charge is 0.255 e. The third-order valence-corrected chi connectivity index (χ3v) is 3.39. The van der Waals surface area contributed by atoms with Gasteiger partial charge in [-0.3, -0.25) is 9.89 Å². The van der Waals surface area contributed by atoms with Crippen LogP contribution in [0.5, 0.6) is 0 Å². The van der Waals surface area contributed by atoms with Gasteiger partial charge in [0, 0.05) is 16.8 Å². The third kappa shape index (κ3) is 2.53. The lowest BCUT2D eigenvalue weighted by Crippen LogP contribution is -2.11. The fraction of sp³-hybridized carbons (Fsp3) is 0. The summed E-state index contributed by atoms with van der Waals surface area (Å²) in [5.74, 6) is 0.426. The standard InChI is InChI=1S/C15H11N7O/c23-15(10-4-5-12-13(7-10)20-22-19-12)18-11-3-1-2-9(6-11)14-16-8-17-21-14/h1-8H,(H,18,23)(H,16,17,21)(H,19,20,22). The van der Waals surface area contributed by atoms with Gasteiger partial charge in [-0.25, -0.2) is 4.98 Å². The molecule has 0 radical (unpaired) electrons. The largest absolute Gasteiger partial charge is 0.322 e. The molecule has 0 fully saturated rings. The van der Waals surface area contributed by atoms with Gasteiger partial charge in [0.1, 0.15) is 17.4 Å². The molecule has 4 aromatic rings. The van der Waals surface area contributed by atoms with E-state index < -0.39 is 0 Å². The Morgan fingerprint density at radius 1 is 1.04 bits per heavy atom. The van der Waals surface area contributed by atoms with Crippen molar-refractivity contribution in [2.45, 2.75) is 0 Å². The van der Waals surface area contributed by atoms with Crippen molar-refractivity contribution < 1.29 is 4.79 Å². The fourth-order valence-electron chi connectivity index (χ4n) is 2.27. The molecular weight excluding hydrogens is 294 g/mol. The highest BCUT2D eigenvalue weighted by molar-refractivity contribution is 6.06. The van der Waals surface area contributed by atoms with E-state index in [1.54, 1.807) is 18.2 Å². The van der Waals surface area contributed by atoms with Crippen molar-refractivity contribution in [2.75, 3.05) is 5.32 Å². The molecule has 3 N–H and O–H groups in total. The van der Waals surface area contributed by atoms with Crippen LogP contribution in [0.15, 0.2) is 48.8 Å². The minimum Gasteiger partial charge on any atom is -0.322 e. The Morgan fingerprint density at radius 2 is 1.96 bits per heavy atom. The van der Waals surface area contributed by atoms with E-state index in [9.17, 15) is 4.79 Å². The Hall–Kier alpha value is -3.55. The maximum atomic E-state index is 12.4. The quantitative estimate of drug-likeness (QED) is 0.536. The molecule has 0 unspecified atom stereocenters. The van der Waals surface area contributed by atoms with Crippen LogP contribution >= 0.6 is 0 Å². The van der Waals surface area contributed by atoms with Crippen LogP contribution < -0.4 is 5.32 Å². The van der Waals surface area contributed by atoms with Gasteiger partial charge in [0.2, 0.25) is 0 Å². The summed E-state index contributed by atoms with van der Waals surface area (Å²) in [4.78, 5) is 16.5. The Bertz CT molecular complexity index is 974. The number of nitrogens with zero attached hydrogens (tertiary/aromatic N) is 4. The molecule has 8 nitrogen and oxygen atoms in total. The Labute approximate surface area is 130 Å². The summed E-state index contributed by atoms with van der Waals surface area (Å²) in [7, 11) is 0. The Morgan fingerprint density at radius 3 is 2.83 bits per heavy atom. The van der Waals surface area contributed by atoms with Gasteiger partial charge in [-0.2, -0.15) is 20.5 Å². The number of aromatic nitrogens is 6. The van der Waals surface area contributed by atoms with E-state index in [2.05, 4.69) is 35.9 Å². The number of hydrogen-bond donors (Lipinski definition) is 3. The van der Waals surface area contributed by atoms with E-state index in [1.165, 1.54) is 6.33 Å². The van der Waals surface area contributed by atoms with Gasteiger partial charge >= 0.3 is 0 Å². The molecule has 8 heteroatoms. The second kappa shape index (κ2) is 5.34. The van der Waals surface area contributed by atoms with Crippen molar-refractivity contribution >= 4 is 22.6 Å². The minimum absolute atomic E-state index is 0.218. The van der Waals surface area contributed by atoms with Gasteiger partial charge in [0.25, 0.3) is 5.91 Å². The maximum absolute atomic E-state index is 12.4. The summed E-state index contributed by atoms with van der Waals surface area (Å²) in [6.07, 6.45) is 1.44. The highest BCUT2D eigenvalue weighted by atomic mass is 16.1. The van der Waals surface area contributed by atoms with Crippen LogP contribution in [0, 0.1) is 0 Å². The highest BCUT2D eigenvalue weighted by Gasteiger charge is 2.09. The first-order chi connectivity index (χ1) is 11.3. The summed E-state index contributed by atoms with van der Waals surface area (Å²) < 4.78 is 0. The van der Waals surface area contributed by atoms with Crippen molar-refractivity contribution in [3.05, 3.63) is 54.4 Å². The van der Waals surface area contributed by atoms with Crippen LogP contribution in [-0.4, -0.2) is 36.5 Å². The lowest BCUT2D eigenvalue weighted by atomic mass is 10.1. The first-order valence-corrected chi connectivity index (χ1v) is 6.87. The molecule has 0 bridgehead atoms. The number of fused-ring (bicyclic) bond motifs is 1. The van der Waals surface area contributed by atoms with Gasteiger partial charge in [0.15, 0.2) is 5.82 Å². The summed E-state index contributed by atoms with van der Waals surface area (Å²) in [5.41, 5.74) is 3.38. The lowest BCUT2D eigenvalue weighted by Gasteiger charge is -2.06. The van der Waals surface area contributed by atoms with E-state index in [1.807, 2.05) is 24.3 Å². The summed E-state index contributed by atoms with van der Waals surface area (Å²) in [6, 6.07) is 12.5. The zero-order valence-electron chi connectivity index (χ0n) is 11.8. The third-order valence-electron chi connectivity index (χ3n) is 3.39. The number of aromatic amines is 2. The van der Waals surface area contributed by atoms with Gasteiger partial charge in [-0.05, 0) is 30.3 Å². The second-order valence-electron chi connectivity index (χ2n) is 4.90. The molecule has 112 valence electrons. The van der Waals surface area contributed by atoms with Crippen LogP contribution in [0.1, 0.15) is 10.4 Å². The Balaban J connectivity index is 1.59. The number of H-pyrrole nitrogens is 2. The average Bonchev–Trinajstić information content (AvgIpc) is 3.26. The van der Waals surface area contributed by atoms with E-state index in [4.69, 9.17) is 0 Å². The van der Waals surface area contributed by atoms with Gasteiger partial charge in [-0.1, -0.05) is 12.1 Å². The number of hydrogen-bond acceptors (Lipinski definition) is 5. The minimum atomic E-state index is -0.218. The van der Waals surface area contributed by atoms with Crippen LogP contribution in [-0.2, 0) is 0 Å². The number of carbonyl (C=O) groups is 1. The molecule has 2 aromatic heterocycles. The average molecular weight is 305 g/mol. The van der Waals surface area contributed by atoms with E-state index in [0.717, 1.165) is 5.56 Å². The lowest BCUT2D eigenvalue weighted by molar-refractivity contribution is 0.102. The molecule has 2 heterocycles. The van der Waals surface area contributed by atoms with Crippen molar-refractivity contribution in [2.24, 2.45) is 0 Å². The predicted molar refractivity (Wildman–Crippen MR) is 83.7 cm³/mol. The maximum Gasteiger partial charge on any atom is 0.255 e. The van der Waals surface area contributed by atoms with E-state index >= 15 is 0 Å². The monoisotopic (exact) mass is 305 g/mol. The highest BCUT2D eigenvalue weighted by Crippen LogP contribution is 2.19. The van der Waals surface area contributed by atoms with Crippen LogP contribution in [0.2, 0.25) is 0 Å². The van der Waals surface area contributed by atoms with Gasteiger partial charge < -0.3 is 5.32 Å². The number of anilines is 1. The van der Waals surface area contributed by atoms with Gasteiger partial charge in [0.05, 0.1) is 0 Å². The van der Waals surface area contributed by atoms with E-state index in [-0.39, 0.29) is 5.91 Å². The summed E-state index contributed by atoms with van der Waals surface area (Å²) >= 11 is 0. The molecular formula is C15H11N7O. The molecule has 4 rings (SSSR count). The number of amides is 1. The first kappa shape index (κ1) is 13.1. The molecule has 1 amide bonds. The topological polar surface area (TPSA) is 112 Å². The number of carbonyl (C=O) groups excluding carboxylic acids is 1. The van der Waals surface area contributed by atoms with Crippen LogP contribution in [0.25, 0.3) is 22.4 Å². The molecule has 0 aliphatic rings. The number of benzene rings is 2. The van der Waals surface area contributed by atoms with E-state index in [0.29, 0.717) is 28.1 Å². The molecule has 23 heavy (non-hydrogen) atoms. The molecule has 0 aliphatic carbocycles. The SMILES string of the molecule is O=C(Nc1cccc(-c2ncn[nH]2)c1)c1ccc2n[nH]nc2c1.